The van der Waals surface area contributed by atoms with Gasteiger partial charge in [-0.05, 0) is 44.4 Å². The first-order chi connectivity index (χ1) is 16.9. The van der Waals surface area contributed by atoms with Crippen LogP contribution < -0.4 is 11.1 Å². The summed E-state index contributed by atoms with van der Waals surface area (Å²) in [6.07, 6.45) is 0.397. The number of amides is 2. The molecule has 198 valence electrons. The highest BCUT2D eigenvalue weighted by molar-refractivity contribution is 5.88. The molecule has 5 atom stereocenters. The molecule has 0 radical (unpaired) electrons. The maximum Gasteiger partial charge on any atom is 0.326 e. The van der Waals surface area contributed by atoms with E-state index in [9.17, 15) is 42.6 Å². The maximum absolute atomic E-state index is 13.8. The number of rotatable bonds is 9. The second-order valence-electron chi connectivity index (χ2n) is 9.28. The van der Waals surface area contributed by atoms with Crippen LogP contribution in [-0.4, -0.2) is 87.1 Å². The van der Waals surface area contributed by atoms with Crippen molar-refractivity contribution in [3.05, 3.63) is 35.1 Å². The maximum atomic E-state index is 13.8. The zero-order chi connectivity index (χ0) is 26.7. The summed E-state index contributed by atoms with van der Waals surface area (Å²) < 4.78 is 40.3. The number of nitrogens with zero attached hydrogens (tertiary/aromatic N) is 2. The average Bonchev–Trinajstić information content (AvgIpc) is 3.44. The zero-order valence-electron chi connectivity index (χ0n) is 19.6. The fourth-order valence-electron chi connectivity index (χ4n) is 4.92. The molecule has 5 N–H and O–H groups in total. The van der Waals surface area contributed by atoms with Gasteiger partial charge in [-0.1, -0.05) is 0 Å². The van der Waals surface area contributed by atoms with Crippen molar-refractivity contribution < 1.29 is 42.6 Å². The number of carboxylic acids is 2. The summed E-state index contributed by atoms with van der Waals surface area (Å²) in [6.45, 7) is 1.83. The Morgan fingerprint density at radius 2 is 1.72 bits per heavy atom. The van der Waals surface area contributed by atoms with Crippen molar-refractivity contribution in [2.24, 2.45) is 5.73 Å². The third kappa shape index (κ3) is 6.13. The van der Waals surface area contributed by atoms with Gasteiger partial charge in [-0.15, -0.1) is 0 Å². The molecule has 1 aromatic carbocycles. The summed E-state index contributed by atoms with van der Waals surface area (Å²) >= 11 is 0. The van der Waals surface area contributed by atoms with E-state index in [4.69, 9.17) is 5.73 Å². The quantitative estimate of drug-likeness (QED) is 0.347. The van der Waals surface area contributed by atoms with Gasteiger partial charge in [-0.2, -0.15) is 0 Å². The van der Waals surface area contributed by atoms with Gasteiger partial charge in [-0.3, -0.25) is 19.3 Å². The van der Waals surface area contributed by atoms with Crippen molar-refractivity contribution >= 4 is 23.8 Å². The monoisotopic (exact) mass is 514 g/mol. The van der Waals surface area contributed by atoms with Crippen molar-refractivity contribution in [1.29, 1.82) is 0 Å². The van der Waals surface area contributed by atoms with E-state index in [0.717, 1.165) is 4.90 Å². The van der Waals surface area contributed by atoms with E-state index < -0.39 is 71.4 Å². The number of halogens is 3. The molecule has 1 aromatic rings. The Morgan fingerprint density at radius 3 is 2.36 bits per heavy atom. The van der Waals surface area contributed by atoms with Gasteiger partial charge in [0.05, 0.1) is 6.04 Å². The van der Waals surface area contributed by atoms with E-state index in [-0.39, 0.29) is 31.4 Å². The predicted octanol–water partition coefficient (Wildman–Crippen LogP) is 0.472. The summed E-state index contributed by atoms with van der Waals surface area (Å²) in [5.74, 6) is -6.99. The molecule has 0 aliphatic carbocycles. The molecule has 2 amide bonds. The second kappa shape index (κ2) is 11.2. The van der Waals surface area contributed by atoms with Gasteiger partial charge in [0.1, 0.15) is 17.9 Å². The van der Waals surface area contributed by atoms with Crippen molar-refractivity contribution in [3.8, 4) is 0 Å². The molecule has 3 rings (SSSR count). The van der Waals surface area contributed by atoms with Gasteiger partial charge in [0.2, 0.25) is 11.8 Å². The van der Waals surface area contributed by atoms with E-state index in [1.165, 1.54) is 11.8 Å². The topological polar surface area (TPSA) is 153 Å². The lowest BCUT2D eigenvalue weighted by Gasteiger charge is -2.32. The Labute approximate surface area is 205 Å². The smallest absolute Gasteiger partial charge is 0.326 e. The number of aliphatic carboxylic acids is 2. The van der Waals surface area contributed by atoms with E-state index >= 15 is 0 Å². The molecule has 2 heterocycles. The minimum Gasteiger partial charge on any atom is -0.480 e. The Kier molecular flexibility index (Phi) is 8.56. The average molecular weight is 515 g/mol. The number of nitrogens with one attached hydrogen (secondary N) is 1. The highest BCUT2D eigenvalue weighted by Crippen LogP contribution is 2.25. The molecule has 0 spiro atoms. The summed E-state index contributed by atoms with van der Waals surface area (Å²) in [5.41, 5.74) is 5.69. The van der Waals surface area contributed by atoms with Gasteiger partial charge in [0.15, 0.2) is 11.6 Å². The van der Waals surface area contributed by atoms with Crippen LogP contribution in [-0.2, 0) is 25.6 Å². The molecule has 2 saturated heterocycles. The van der Waals surface area contributed by atoms with Gasteiger partial charge in [-0.25, -0.2) is 18.0 Å². The van der Waals surface area contributed by atoms with Crippen LogP contribution in [0.15, 0.2) is 12.1 Å². The van der Waals surface area contributed by atoms with E-state index in [1.54, 1.807) is 0 Å². The van der Waals surface area contributed by atoms with Gasteiger partial charge in [0.25, 0.3) is 0 Å². The number of carbonyl (C=O) groups excluding carboxylic acids is 2. The molecule has 2 fully saturated rings. The number of nitrogens with two attached hydrogens (primary N) is 1. The normalized spacial score (nSPS) is 23.9. The van der Waals surface area contributed by atoms with Crippen LogP contribution in [0, 0.1) is 17.5 Å². The first-order valence-electron chi connectivity index (χ1n) is 11.6. The van der Waals surface area contributed by atoms with Crippen LogP contribution in [0.1, 0.15) is 38.2 Å². The number of carboxylic acid groups (broad SMARTS) is 2. The molecular formula is C23H29F3N4O6. The van der Waals surface area contributed by atoms with Gasteiger partial charge < -0.3 is 26.2 Å². The standard InChI is InChI=1S/C23H29F3N4O6/c1-11(29-4-2-3-18(29)22(33)34)21(32)30-10-14(8-19(30)23(35)36)28-20(31)7-13(27)5-12-6-16(25)17(26)9-15(12)24/h6,9,11,13-14,18-19H,2-5,7-8,10,27H2,1H3,(H,28,31)(H,33,34)(H,35,36)/t11-,13+,14-,18-,19-/m0/s1. The molecule has 36 heavy (non-hydrogen) atoms. The predicted molar refractivity (Wildman–Crippen MR) is 119 cm³/mol. The van der Waals surface area contributed by atoms with E-state index in [1.807, 2.05) is 0 Å². The fraction of sp³-hybridized carbons (Fsp3) is 0.565. The summed E-state index contributed by atoms with van der Waals surface area (Å²) in [4.78, 5) is 51.5. The molecule has 2 aliphatic heterocycles. The van der Waals surface area contributed by atoms with E-state index in [0.29, 0.717) is 31.5 Å². The van der Waals surface area contributed by atoms with Crippen molar-refractivity contribution in [3.63, 3.8) is 0 Å². The molecule has 2 aliphatic rings. The lowest BCUT2D eigenvalue weighted by atomic mass is 10.0. The number of hydrogen-bond donors (Lipinski definition) is 4. The molecule has 10 nitrogen and oxygen atoms in total. The lowest BCUT2D eigenvalue weighted by molar-refractivity contribution is -0.152. The first kappa shape index (κ1) is 27.4. The number of hydrogen-bond acceptors (Lipinski definition) is 6. The lowest BCUT2D eigenvalue weighted by Crippen LogP contribution is -2.53. The molecule has 0 aromatic heterocycles. The number of carbonyl (C=O) groups is 4. The van der Waals surface area contributed by atoms with Crippen LogP contribution >= 0.6 is 0 Å². The Bertz CT molecular complexity index is 1040. The molecule has 0 unspecified atom stereocenters. The fourth-order valence-corrected chi connectivity index (χ4v) is 4.92. The number of likely N-dealkylation sites (tertiary alicyclic amines) is 2. The van der Waals surface area contributed by atoms with Crippen LogP contribution in [0.5, 0.6) is 0 Å². The Hall–Kier alpha value is -3.19. The van der Waals surface area contributed by atoms with Gasteiger partial charge >= 0.3 is 11.9 Å². The molecule has 0 bridgehead atoms. The van der Waals surface area contributed by atoms with E-state index in [2.05, 4.69) is 5.32 Å². The highest BCUT2D eigenvalue weighted by Gasteiger charge is 2.44. The molecular weight excluding hydrogens is 485 g/mol. The van der Waals surface area contributed by atoms with Crippen molar-refractivity contribution in [2.75, 3.05) is 13.1 Å². The third-order valence-corrected chi connectivity index (χ3v) is 6.69. The summed E-state index contributed by atoms with van der Waals surface area (Å²) in [5, 5.41) is 21.6. The second-order valence-corrected chi connectivity index (χ2v) is 9.28. The van der Waals surface area contributed by atoms with Crippen molar-refractivity contribution in [2.45, 2.75) is 69.2 Å². The summed E-state index contributed by atoms with van der Waals surface area (Å²) in [6, 6.07) is -3.44. The molecule has 13 heteroatoms. The van der Waals surface area contributed by atoms with Crippen LogP contribution in [0.25, 0.3) is 0 Å². The highest BCUT2D eigenvalue weighted by atomic mass is 19.2. The third-order valence-electron chi connectivity index (χ3n) is 6.69. The minimum atomic E-state index is -1.34. The molecule has 0 saturated carbocycles. The Balaban J connectivity index is 1.60. The Morgan fingerprint density at radius 1 is 1.08 bits per heavy atom. The first-order valence-corrected chi connectivity index (χ1v) is 11.6. The SMILES string of the molecule is C[C@@H](C(=O)N1C[C@@H](NC(=O)C[C@H](N)Cc2cc(F)c(F)cc2F)C[C@H]1C(=O)O)N1CCC[C@H]1C(=O)O. The van der Waals surface area contributed by atoms with Crippen LogP contribution in [0.3, 0.4) is 0 Å². The van der Waals surface area contributed by atoms with Crippen LogP contribution in [0.4, 0.5) is 13.2 Å². The zero-order valence-corrected chi connectivity index (χ0v) is 19.6. The largest absolute Gasteiger partial charge is 0.480 e. The van der Waals surface area contributed by atoms with Crippen molar-refractivity contribution in [1.82, 2.24) is 15.1 Å². The summed E-state index contributed by atoms with van der Waals surface area (Å²) in [7, 11) is 0. The minimum absolute atomic E-state index is 0.0606. The van der Waals surface area contributed by atoms with Crippen LogP contribution in [0.2, 0.25) is 0 Å². The van der Waals surface area contributed by atoms with Gasteiger partial charge in [0, 0.05) is 37.5 Å². The number of benzene rings is 1.